The van der Waals surface area contributed by atoms with Gasteiger partial charge in [0.25, 0.3) is 0 Å². The fourth-order valence-electron chi connectivity index (χ4n) is 2.71. The molecule has 0 N–H and O–H groups in total. The van der Waals surface area contributed by atoms with Gasteiger partial charge in [-0.3, -0.25) is 0 Å². The van der Waals surface area contributed by atoms with Crippen molar-refractivity contribution >= 4 is 0 Å². The molecule has 1 nitrogen and oxygen atoms in total. The number of unbranched alkanes of at least 4 members (excludes halogenated alkanes) is 1. The standard InChI is InChI=1S/C12H26N/c1-4-6-9-13(12(3)5-2)10-7-8-11-13/h12H,4-11H2,1-3H3/q+1. The number of hydrogen-bond donors (Lipinski definition) is 0. The Bertz CT molecular complexity index is 136. The molecule has 1 atom stereocenters. The zero-order valence-electron chi connectivity index (χ0n) is 9.68. The second kappa shape index (κ2) is 4.99. The fraction of sp³-hybridized carbons (Fsp3) is 1.00. The summed E-state index contributed by atoms with van der Waals surface area (Å²) in [4.78, 5) is 0. The first-order valence-electron chi connectivity index (χ1n) is 6.11. The van der Waals surface area contributed by atoms with Gasteiger partial charge in [-0.05, 0) is 19.8 Å². The van der Waals surface area contributed by atoms with Crippen LogP contribution in [0.4, 0.5) is 0 Å². The largest absolute Gasteiger partial charge is 0.321 e. The molecule has 1 saturated heterocycles. The van der Waals surface area contributed by atoms with Crippen LogP contribution >= 0.6 is 0 Å². The van der Waals surface area contributed by atoms with Crippen LogP contribution in [0.1, 0.15) is 52.9 Å². The summed E-state index contributed by atoms with van der Waals surface area (Å²) in [5.74, 6) is 0. The van der Waals surface area contributed by atoms with Gasteiger partial charge in [-0.15, -0.1) is 0 Å². The second-order valence-corrected chi connectivity index (χ2v) is 4.71. The topological polar surface area (TPSA) is 0 Å². The second-order valence-electron chi connectivity index (χ2n) is 4.71. The van der Waals surface area contributed by atoms with Gasteiger partial charge >= 0.3 is 0 Å². The first-order chi connectivity index (χ1) is 6.25. The lowest BCUT2D eigenvalue weighted by Crippen LogP contribution is -2.52. The number of hydrogen-bond acceptors (Lipinski definition) is 0. The molecule has 0 aliphatic carbocycles. The van der Waals surface area contributed by atoms with Crippen LogP contribution in [0.5, 0.6) is 0 Å². The molecule has 0 saturated carbocycles. The summed E-state index contributed by atoms with van der Waals surface area (Å²) in [5.41, 5.74) is 0. The van der Waals surface area contributed by atoms with Gasteiger partial charge < -0.3 is 4.48 Å². The van der Waals surface area contributed by atoms with Crippen LogP contribution in [0.25, 0.3) is 0 Å². The summed E-state index contributed by atoms with van der Waals surface area (Å²) in [6, 6.07) is 0.897. The molecular weight excluding hydrogens is 158 g/mol. The molecule has 1 aliphatic rings. The van der Waals surface area contributed by atoms with Crippen molar-refractivity contribution in [2.75, 3.05) is 19.6 Å². The third-order valence-electron chi connectivity index (χ3n) is 3.94. The Morgan fingerprint density at radius 1 is 1.15 bits per heavy atom. The molecule has 1 heteroatoms. The zero-order valence-corrected chi connectivity index (χ0v) is 9.68. The van der Waals surface area contributed by atoms with Crippen LogP contribution in [0.3, 0.4) is 0 Å². The monoisotopic (exact) mass is 184 g/mol. The van der Waals surface area contributed by atoms with Crippen molar-refractivity contribution in [1.82, 2.24) is 0 Å². The Balaban J connectivity index is 2.52. The minimum atomic E-state index is 0.897. The summed E-state index contributed by atoms with van der Waals surface area (Å²) >= 11 is 0. The van der Waals surface area contributed by atoms with Gasteiger partial charge in [0.15, 0.2) is 0 Å². The van der Waals surface area contributed by atoms with E-state index < -0.39 is 0 Å². The average Bonchev–Trinajstić information content (AvgIpc) is 2.63. The van der Waals surface area contributed by atoms with E-state index >= 15 is 0 Å². The van der Waals surface area contributed by atoms with E-state index in [1.807, 2.05) is 0 Å². The molecule has 1 fully saturated rings. The van der Waals surface area contributed by atoms with Gasteiger partial charge in [-0.1, -0.05) is 20.3 Å². The quantitative estimate of drug-likeness (QED) is 0.576. The van der Waals surface area contributed by atoms with Crippen LogP contribution in [-0.4, -0.2) is 30.2 Å². The van der Waals surface area contributed by atoms with E-state index in [-0.39, 0.29) is 0 Å². The molecular formula is C12H26N+. The van der Waals surface area contributed by atoms with Crippen molar-refractivity contribution in [2.24, 2.45) is 0 Å². The Labute approximate surface area is 83.7 Å². The highest BCUT2D eigenvalue weighted by molar-refractivity contribution is 4.60. The third kappa shape index (κ3) is 2.46. The summed E-state index contributed by atoms with van der Waals surface area (Å²) in [7, 11) is 0. The Hall–Kier alpha value is -0.0400. The molecule has 1 aliphatic heterocycles. The lowest BCUT2D eigenvalue weighted by molar-refractivity contribution is -0.939. The number of quaternary nitrogens is 1. The average molecular weight is 184 g/mol. The molecule has 13 heavy (non-hydrogen) atoms. The van der Waals surface area contributed by atoms with E-state index in [1.165, 1.54) is 56.2 Å². The van der Waals surface area contributed by atoms with Crippen molar-refractivity contribution in [2.45, 2.75) is 58.9 Å². The van der Waals surface area contributed by atoms with Gasteiger partial charge in [0, 0.05) is 12.8 Å². The summed E-state index contributed by atoms with van der Waals surface area (Å²) in [5, 5.41) is 0. The van der Waals surface area contributed by atoms with E-state index in [2.05, 4.69) is 20.8 Å². The number of likely N-dealkylation sites (tertiary alicyclic amines) is 1. The highest BCUT2D eigenvalue weighted by Crippen LogP contribution is 2.26. The molecule has 1 unspecified atom stereocenters. The van der Waals surface area contributed by atoms with Gasteiger partial charge in [-0.2, -0.15) is 0 Å². The van der Waals surface area contributed by atoms with Crippen LogP contribution < -0.4 is 0 Å². The molecule has 1 heterocycles. The lowest BCUT2D eigenvalue weighted by Gasteiger charge is -2.40. The SMILES string of the molecule is CCCC[N+]1(C(C)CC)CCCC1. The summed E-state index contributed by atoms with van der Waals surface area (Å²) in [6.45, 7) is 11.4. The smallest absolute Gasteiger partial charge is 0.0859 e. The molecule has 0 bridgehead atoms. The zero-order chi connectivity index (χ0) is 9.73. The van der Waals surface area contributed by atoms with E-state index in [1.54, 1.807) is 0 Å². The Morgan fingerprint density at radius 3 is 2.23 bits per heavy atom. The minimum absolute atomic E-state index is 0.897. The predicted molar refractivity (Wildman–Crippen MR) is 58.8 cm³/mol. The maximum absolute atomic E-state index is 2.45. The summed E-state index contributed by atoms with van der Waals surface area (Å²) < 4.78 is 1.43. The van der Waals surface area contributed by atoms with Crippen molar-refractivity contribution in [3.8, 4) is 0 Å². The molecule has 0 amide bonds. The molecule has 1 rings (SSSR count). The third-order valence-corrected chi connectivity index (χ3v) is 3.94. The van der Waals surface area contributed by atoms with Crippen LogP contribution in [0.15, 0.2) is 0 Å². The van der Waals surface area contributed by atoms with Gasteiger partial charge in [-0.25, -0.2) is 0 Å². The summed E-state index contributed by atoms with van der Waals surface area (Å²) in [6.07, 6.45) is 7.06. The maximum atomic E-state index is 2.45. The van der Waals surface area contributed by atoms with Gasteiger partial charge in [0.05, 0.1) is 25.7 Å². The van der Waals surface area contributed by atoms with Crippen molar-refractivity contribution in [1.29, 1.82) is 0 Å². The van der Waals surface area contributed by atoms with E-state index in [9.17, 15) is 0 Å². The molecule has 0 radical (unpaired) electrons. The fourth-order valence-corrected chi connectivity index (χ4v) is 2.71. The minimum Gasteiger partial charge on any atom is -0.321 e. The number of nitrogens with zero attached hydrogens (tertiary/aromatic N) is 1. The van der Waals surface area contributed by atoms with Crippen molar-refractivity contribution in [3.63, 3.8) is 0 Å². The predicted octanol–water partition coefficient (Wildman–Crippen LogP) is 3.20. The van der Waals surface area contributed by atoms with Gasteiger partial charge in [0.1, 0.15) is 0 Å². The molecule has 0 aromatic carbocycles. The lowest BCUT2D eigenvalue weighted by atomic mass is 10.1. The van der Waals surface area contributed by atoms with Crippen molar-refractivity contribution < 1.29 is 4.48 Å². The Kier molecular flexibility index (Phi) is 4.24. The van der Waals surface area contributed by atoms with Crippen molar-refractivity contribution in [3.05, 3.63) is 0 Å². The van der Waals surface area contributed by atoms with Crippen LogP contribution in [0, 0.1) is 0 Å². The van der Waals surface area contributed by atoms with E-state index in [0.29, 0.717) is 0 Å². The molecule has 0 spiro atoms. The van der Waals surface area contributed by atoms with E-state index in [0.717, 1.165) is 6.04 Å². The van der Waals surface area contributed by atoms with E-state index in [4.69, 9.17) is 0 Å². The molecule has 78 valence electrons. The Morgan fingerprint density at radius 2 is 1.77 bits per heavy atom. The van der Waals surface area contributed by atoms with Crippen LogP contribution in [0.2, 0.25) is 0 Å². The van der Waals surface area contributed by atoms with Gasteiger partial charge in [0.2, 0.25) is 0 Å². The molecule has 0 aromatic heterocycles. The highest BCUT2D eigenvalue weighted by atomic mass is 15.4. The van der Waals surface area contributed by atoms with Crippen LogP contribution in [-0.2, 0) is 0 Å². The highest BCUT2D eigenvalue weighted by Gasteiger charge is 2.35. The first kappa shape index (κ1) is 11.0. The number of rotatable bonds is 5. The normalized spacial score (nSPS) is 23.3. The first-order valence-corrected chi connectivity index (χ1v) is 6.11. The maximum Gasteiger partial charge on any atom is 0.0859 e. The molecule has 0 aromatic rings.